The van der Waals surface area contributed by atoms with E-state index in [1.165, 1.54) is 13.0 Å². The average molecular weight is 226 g/mol. The van der Waals surface area contributed by atoms with Gasteiger partial charge in [0.2, 0.25) is 0 Å². The van der Waals surface area contributed by atoms with Crippen LogP contribution >= 0.6 is 23.0 Å². The Morgan fingerprint density at radius 1 is 1.62 bits per heavy atom. The van der Waals surface area contributed by atoms with Crippen molar-refractivity contribution < 1.29 is 7.86 Å². The van der Waals surface area contributed by atoms with Gasteiger partial charge in [-0.25, -0.2) is 0 Å². The van der Waals surface area contributed by atoms with Crippen LogP contribution in [0, 0.1) is 0 Å². The summed E-state index contributed by atoms with van der Waals surface area (Å²) in [6.07, 6.45) is 1.44. The van der Waals surface area contributed by atoms with E-state index in [4.69, 9.17) is 0 Å². The van der Waals surface area contributed by atoms with E-state index in [2.05, 4.69) is 3.07 Å². The highest BCUT2D eigenvalue weighted by atomic mass is 127. The molecular weight excluding hydrogens is 219 g/mol. The maximum atomic E-state index is 10.3. The van der Waals surface area contributed by atoms with Gasteiger partial charge in [0, 0.05) is 6.08 Å². The summed E-state index contributed by atoms with van der Waals surface area (Å²) in [5, 5.41) is 0. The monoisotopic (exact) mass is 226 g/mol. The molecule has 8 heavy (non-hydrogen) atoms. The topological polar surface area (TPSA) is 26.3 Å². The molecule has 0 rings (SSSR count). The standard InChI is InChI=1S/C5H7IO2/c1-4(7)3-5(2)8-6/h3H,1-2H3/b5-3-. The minimum atomic E-state index is 0.0131. The molecule has 2 nitrogen and oxygen atoms in total. The highest BCUT2D eigenvalue weighted by molar-refractivity contribution is 14.1. The van der Waals surface area contributed by atoms with Crippen LogP contribution in [0.4, 0.5) is 0 Å². The third kappa shape index (κ3) is 4.11. The van der Waals surface area contributed by atoms with E-state index in [1.807, 2.05) is 0 Å². The summed E-state index contributed by atoms with van der Waals surface area (Å²) in [5.41, 5.74) is 0. The van der Waals surface area contributed by atoms with Gasteiger partial charge in [0.15, 0.2) is 28.8 Å². The van der Waals surface area contributed by atoms with Gasteiger partial charge >= 0.3 is 0 Å². The molecule has 0 aromatic carbocycles. The second-order valence-corrected chi connectivity index (χ2v) is 1.88. The summed E-state index contributed by atoms with van der Waals surface area (Å²) in [6.45, 7) is 3.22. The van der Waals surface area contributed by atoms with Crippen molar-refractivity contribution in [1.82, 2.24) is 0 Å². The molecule has 0 amide bonds. The first kappa shape index (κ1) is 7.94. The first-order chi connectivity index (χ1) is 3.66. The van der Waals surface area contributed by atoms with E-state index in [-0.39, 0.29) is 5.78 Å². The van der Waals surface area contributed by atoms with Gasteiger partial charge in [0.05, 0.1) is 0 Å². The predicted molar refractivity (Wildman–Crippen MR) is 39.5 cm³/mol. The third-order valence-corrected chi connectivity index (χ3v) is 1.22. The van der Waals surface area contributed by atoms with Crippen LogP contribution in [-0.2, 0) is 7.86 Å². The van der Waals surface area contributed by atoms with Crippen LogP contribution in [0.25, 0.3) is 0 Å². The van der Waals surface area contributed by atoms with Crippen molar-refractivity contribution in [3.63, 3.8) is 0 Å². The van der Waals surface area contributed by atoms with Gasteiger partial charge in [-0.1, -0.05) is 0 Å². The van der Waals surface area contributed by atoms with E-state index in [0.717, 1.165) is 0 Å². The summed E-state index contributed by atoms with van der Waals surface area (Å²) >= 11 is 1.73. The summed E-state index contributed by atoms with van der Waals surface area (Å²) < 4.78 is 4.67. The molecule has 0 radical (unpaired) electrons. The van der Waals surface area contributed by atoms with Crippen LogP contribution in [0.15, 0.2) is 11.8 Å². The van der Waals surface area contributed by atoms with Gasteiger partial charge in [0.1, 0.15) is 5.76 Å². The van der Waals surface area contributed by atoms with E-state index in [0.29, 0.717) is 5.76 Å². The highest BCUT2D eigenvalue weighted by Gasteiger charge is 1.87. The highest BCUT2D eigenvalue weighted by Crippen LogP contribution is 1.99. The zero-order valence-electron chi connectivity index (χ0n) is 4.77. The molecule has 0 aliphatic carbocycles. The van der Waals surface area contributed by atoms with E-state index < -0.39 is 0 Å². The largest absolute Gasteiger partial charge is 0.432 e. The van der Waals surface area contributed by atoms with Crippen molar-refractivity contribution in [2.45, 2.75) is 13.8 Å². The van der Waals surface area contributed by atoms with Crippen LogP contribution in [0.5, 0.6) is 0 Å². The Bertz CT molecular complexity index is 118. The van der Waals surface area contributed by atoms with Gasteiger partial charge in [-0.3, -0.25) is 4.79 Å². The van der Waals surface area contributed by atoms with Crippen molar-refractivity contribution >= 4 is 28.8 Å². The molecule has 0 aliphatic heterocycles. The molecule has 0 aromatic heterocycles. The Labute approximate surface area is 62.6 Å². The SMILES string of the molecule is CC(=O)/C=C(/C)OI. The van der Waals surface area contributed by atoms with Crippen LogP contribution in [0.2, 0.25) is 0 Å². The summed E-state index contributed by atoms with van der Waals surface area (Å²) in [7, 11) is 0. The molecular formula is C5H7IO2. The average Bonchev–Trinajstić information content (AvgIpc) is 1.65. The Morgan fingerprint density at radius 2 is 2.12 bits per heavy atom. The molecule has 0 aromatic rings. The molecule has 0 atom stereocenters. The van der Waals surface area contributed by atoms with E-state index in [9.17, 15) is 4.79 Å². The van der Waals surface area contributed by atoms with Crippen LogP contribution < -0.4 is 0 Å². The Morgan fingerprint density at radius 3 is 2.25 bits per heavy atom. The number of carbonyl (C=O) groups is 1. The molecule has 0 heterocycles. The fourth-order valence-electron chi connectivity index (χ4n) is 0.309. The minimum Gasteiger partial charge on any atom is -0.432 e. The molecule has 0 bridgehead atoms. The maximum absolute atomic E-state index is 10.3. The third-order valence-electron chi connectivity index (χ3n) is 0.528. The lowest BCUT2D eigenvalue weighted by atomic mass is 10.4. The van der Waals surface area contributed by atoms with E-state index >= 15 is 0 Å². The molecule has 0 aliphatic rings. The lowest BCUT2D eigenvalue weighted by Gasteiger charge is -1.89. The molecule has 0 spiro atoms. The fourth-order valence-corrected chi connectivity index (χ4v) is 0.436. The molecule has 0 unspecified atom stereocenters. The lowest BCUT2D eigenvalue weighted by Crippen LogP contribution is -1.83. The molecule has 46 valence electrons. The number of halogens is 1. The molecule has 0 fully saturated rings. The van der Waals surface area contributed by atoms with Crippen LogP contribution in [0.1, 0.15) is 13.8 Å². The minimum absolute atomic E-state index is 0.0131. The lowest BCUT2D eigenvalue weighted by molar-refractivity contribution is -0.112. The van der Waals surface area contributed by atoms with Crippen LogP contribution in [0.3, 0.4) is 0 Å². The number of rotatable bonds is 2. The number of carbonyl (C=O) groups excluding carboxylic acids is 1. The maximum Gasteiger partial charge on any atom is 0.192 e. The number of ketones is 1. The van der Waals surface area contributed by atoms with Crippen molar-refractivity contribution in [2.75, 3.05) is 0 Å². The number of allylic oxidation sites excluding steroid dienone is 2. The molecule has 0 N–H and O–H groups in total. The molecule has 0 saturated heterocycles. The summed E-state index contributed by atoms with van der Waals surface area (Å²) in [4.78, 5) is 10.3. The summed E-state index contributed by atoms with van der Waals surface area (Å²) in [6, 6.07) is 0. The summed E-state index contributed by atoms with van der Waals surface area (Å²) in [5.74, 6) is 0.650. The first-order valence-electron chi connectivity index (χ1n) is 2.14. The van der Waals surface area contributed by atoms with Gasteiger partial charge in [-0.2, -0.15) is 0 Å². The Kier molecular flexibility index (Phi) is 3.85. The van der Waals surface area contributed by atoms with Gasteiger partial charge in [0.25, 0.3) is 0 Å². The number of hydrogen-bond donors (Lipinski definition) is 0. The van der Waals surface area contributed by atoms with Gasteiger partial charge in [-0.05, 0) is 13.8 Å². The fraction of sp³-hybridized carbons (Fsp3) is 0.400. The predicted octanol–water partition coefficient (Wildman–Crippen LogP) is 1.85. The quantitative estimate of drug-likeness (QED) is 0.408. The second kappa shape index (κ2) is 3.88. The molecule has 0 saturated carbocycles. The Balaban J connectivity index is 3.75. The first-order valence-corrected chi connectivity index (χ1v) is 3.02. The van der Waals surface area contributed by atoms with Crippen molar-refractivity contribution in [3.05, 3.63) is 11.8 Å². The van der Waals surface area contributed by atoms with Crippen molar-refractivity contribution in [2.24, 2.45) is 0 Å². The van der Waals surface area contributed by atoms with Crippen molar-refractivity contribution in [3.8, 4) is 0 Å². The number of hydrogen-bond acceptors (Lipinski definition) is 2. The smallest absolute Gasteiger partial charge is 0.192 e. The zero-order chi connectivity index (χ0) is 6.57. The Hall–Kier alpha value is -0.0600. The second-order valence-electron chi connectivity index (χ2n) is 1.44. The van der Waals surface area contributed by atoms with Gasteiger partial charge in [-0.15, -0.1) is 0 Å². The normalized spacial score (nSPS) is 11.1. The van der Waals surface area contributed by atoms with Gasteiger partial charge < -0.3 is 3.07 Å². The zero-order valence-corrected chi connectivity index (χ0v) is 6.93. The van der Waals surface area contributed by atoms with Crippen LogP contribution in [-0.4, -0.2) is 5.78 Å². The van der Waals surface area contributed by atoms with E-state index in [1.54, 1.807) is 29.9 Å². The van der Waals surface area contributed by atoms with Crippen molar-refractivity contribution in [1.29, 1.82) is 0 Å². The molecule has 3 heteroatoms.